The average molecular weight is 234 g/mol. The third kappa shape index (κ3) is 2.94. The Morgan fingerprint density at radius 2 is 2.20 bits per heavy atom. The van der Waals surface area contributed by atoms with Gasteiger partial charge in [0.25, 0.3) is 5.56 Å². The fraction of sp³-hybridized carbons (Fsp3) is 0.429. The van der Waals surface area contributed by atoms with Crippen molar-refractivity contribution in [3.8, 4) is 0 Å². The van der Waals surface area contributed by atoms with Crippen molar-refractivity contribution in [3.05, 3.63) is 22.1 Å². The summed E-state index contributed by atoms with van der Waals surface area (Å²) in [5.74, 6) is -1.55. The molecule has 0 amide bonds. The van der Waals surface area contributed by atoms with Gasteiger partial charge in [0.15, 0.2) is 0 Å². The lowest BCUT2D eigenvalue weighted by molar-refractivity contribution is 0.0695. The van der Waals surface area contributed by atoms with Gasteiger partial charge in [-0.15, -0.1) is 0 Å². The van der Waals surface area contributed by atoms with Crippen molar-refractivity contribution in [2.45, 2.75) is 6.54 Å². The van der Waals surface area contributed by atoms with Crippen molar-refractivity contribution in [3.63, 3.8) is 0 Å². The maximum Gasteiger partial charge on any atom is 0.342 e. The van der Waals surface area contributed by atoms with E-state index in [1.807, 2.05) is 0 Å². The largest absolute Gasteiger partial charge is 0.477 e. The number of nitrogens with zero attached hydrogens (tertiary/aromatic N) is 1. The number of hydrogen-bond acceptors (Lipinski definition) is 4. The highest BCUT2D eigenvalue weighted by atomic mass is 32.2. The van der Waals surface area contributed by atoms with Crippen LogP contribution in [0.3, 0.4) is 0 Å². The van der Waals surface area contributed by atoms with Gasteiger partial charge >= 0.3 is 5.97 Å². The van der Waals surface area contributed by atoms with E-state index in [-0.39, 0.29) is 12.3 Å². The molecule has 1 rings (SSSR count). The van der Waals surface area contributed by atoms with Gasteiger partial charge < -0.3 is 10.2 Å². The molecule has 0 atom stereocenters. The number of H-pyrrole nitrogens is 1. The molecule has 0 unspecified atom stereocenters. The first-order valence-corrected chi connectivity index (χ1v) is 6.06. The van der Waals surface area contributed by atoms with Gasteiger partial charge in [0.1, 0.15) is 15.4 Å². The smallest absolute Gasteiger partial charge is 0.342 e. The maximum absolute atomic E-state index is 11.3. The molecule has 0 aliphatic rings. The van der Waals surface area contributed by atoms with Gasteiger partial charge in [-0.1, -0.05) is 0 Å². The van der Waals surface area contributed by atoms with E-state index in [9.17, 15) is 18.0 Å². The van der Waals surface area contributed by atoms with E-state index in [4.69, 9.17) is 5.11 Å². The van der Waals surface area contributed by atoms with Crippen LogP contribution in [0.25, 0.3) is 0 Å². The minimum absolute atomic E-state index is 0.0784. The second kappa shape index (κ2) is 3.89. The van der Waals surface area contributed by atoms with Gasteiger partial charge in [0, 0.05) is 12.5 Å². The van der Waals surface area contributed by atoms with Crippen LogP contribution < -0.4 is 5.56 Å². The molecule has 0 fully saturated rings. The summed E-state index contributed by atoms with van der Waals surface area (Å²) in [6, 6.07) is 0. The quantitative estimate of drug-likeness (QED) is 0.688. The Bertz CT molecular complexity index is 524. The summed E-state index contributed by atoms with van der Waals surface area (Å²) in [5.41, 5.74) is -1.13. The topological polar surface area (TPSA) is 109 Å². The number of aromatic carboxylic acids is 1. The Morgan fingerprint density at radius 1 is 1.60 bits per heavy atom. The molecule has 0 bridgehead atoms. The van der Waals surface area contributed by atoms with Crippen LogP contribution in [0.2, 0.25) is 0 Å². The maximum atomic E-state index is 11.3. The number of rotatable bonds is 4. The molecule has 8 heteroatoms. The van der Waals surface area contributed by atoms with Crippen molar-refractivity contribution in [2.75, 3.05) is 12.0 Å². The first-order chi connectivity index (χ1) is 6.81. The predicted octanol–water partition coefficient (Wildman–Crippen LogP) is -1.08. The zero-order valence-corrected chi connectivity index (χ0v) is 8.74. The van der Waals surface area contributed by atoms with Gasteiger partial charge in [0.2, 0.25) is 0 Å². The zero-order chi connectivity index (χ0) is 11.6. The minimum atomic E-state index is -3.18. The summed E-state index contributed by atoms with van der Waals surface area (Å²) >= 11 is 0. The van der Waals surface area contributed by atoms with Crippen LogP contribution in [0.15, 0.2) is 11.0 Å². The number of sulfone groups is 1. The molecule has 0 radical (unpaired) electrons. The molecule has 15 heavy (non-hydrogen) atoms. The van der Waals surface area contributed by atoms with E-state index in [0.717, 1.165) is 17.1 Å². The van der Waals surface area contributed by atoms with E-state index in [0.29, 0.717) is 0 Å². The van der Waals surface area contributed by atoms with E-state index < -0.39 is 26.9 Å². The Morgan fingerprint density at radius 3 is 2.60 bits per heavy atom. The van der Waals surface area contributed by atoms with Crippen molar-refractivity contribution < 1.29 is 18.3 Å². The number of aromatic nitrogens is 2. The minimum Gasteiger partial charge on any atom is -0.477 e. The summed E-state index contributed by atoms with van der Waals surface area (Å²) in [5, 5.41) is 10.9. The highest BCUT2D eigenvalue weighted by molar-refractivity contribution is 7.90. The van der Waals surface area contributed by atoms with Gasteiger partial charge in [0.05, 0.1) is 12.3 Å². The molecule has 1 heterocycles. The molecule has 1 aromatic rings. The normalized spacial score (nSPS) is 11.5. The van der Waals surface area contributed by atoms with E-state index >= 15 is 0 Å². The molecule has 0 aliphatic carbocycles. The van der Waals surface area contributed by atoms with E-state index in [1.165, 1.54) is 0 Å². The van der Waals surface area contributed by atoms with E-state index in [2.05, 4.69) is 5.10 Å². The van der Waals surface area contributed by atoms with Crippen LogP contribution in [0, 0.1) is 0 Å². The number of nitrogens with one attached hydrogen (secondary N) is 1. The molecular weight excluding hydrogens is 224 g/mol. The van der Waals surface area contributed by atoms with Crippen molar-refractivity contribution >= 4 is 15.8 Å². The molecular formula is C7H10N2O5S. The lowest BCUT2D eigenvalue weighted by atomic mass is 10.4. The second-order valence-corrected chi connectivity index (χ2v) is 5.34. The van der Waals surface area contributed by atoms with Gasteiger partial charge in [-0.25, -0.2) is 13.2 Å². The van der Waals surface area contributed by atoms with Crippen LogP contribution in [0.4, 0.5) is 0 Å². The molecule has 2 N–H and O–H groups in total. The summed E-state index contributed by atoms with van der Waals surface area (Å²) < 4.78 is 22.6. The van der Waals surface area contributed by atoms with Crippen LogP contribution in [-0.2, 0) is 16.4 Å². The highest BCUT2D eigenvalue weighted by Crippen LogP contribution is 1.91. The third-order valence-corrected chi connectivity index (χ3v) is 2.68. The van der Waals surface area contributed by atoms with Crippen LogP contribution >= 0.6 is 0 Å². The third-order valence-electron chi connectivity index (χ3n) is 1.76. The first-order valence-electron chi connectivity index (χ1n) is 4.00. The Hall–Kier alpha value is -1.57. The molecule has 0 aromatic carbocycles. The summed E-state index contributed by atoms with van der Waals surface area (Å²) in [4.78, 5) is 21.8. The number of aryl methyl sites for hydroxylation is 1. The average Bonchev–Trinajstić information content (AvgIpc) is 2.42. The molecule has 1 aromatic heterocycles. The Balaban J connectivity index is 2.90. The van der Waals surface area contributed by atoms with Crippen molar-refractivity contribution in [1.29, 1.82) is 0 Å². The Kier molecular flexibility index (Phi) is 2.98. The SMILES string of the molecule is CS(=O)(=O)CCn1[nH]cc(C(=O)O)c1=O. The monoisotopic (exact) mass is 234 g/mol. The molecule has 0 spiro atoms. The summed E-state index contributed by atoms with van der Waals surface area (Å²) in [7, 11) is -3.18. The fourth-order valence-electron chi connectivity index (χ4n) is 0.985. The fourth-order valence-corrected chi connectivity index (χ4v) is 1.50. The molecule has 0 saturated heterocycles. The Labute approximate surface area is 85.2 Å². The van der Waals surface area contributed by atoms with E-state index in [1.54, 1.807) is 0 Å². The zero-order valence-electron chi connectivity index (χ0n) is 7.93. The van der Waals surface area contributed by atoms with Gasteiger partial charge in [-0.3, -0.25) is 9.48 Å². The summed E-state index contributed by atoms with van der Waals surface area (Å²) in [6.07, 6.45) is 2.08. The van der Waals surface area contributed by atoms with Crippen LogP contribution in [0.1, 0.15) is 10.4 Å². The molecule has 7 nitrogen and oxygen atoms in total. The first kappa shape index (κ1) is 11.5. The lowest BCUT2D eigenvalue weighted by Crippen LogP contribution is -2.24. The standard InChI is InChI=1S/C7H10N2O5S/c1-15(13,14)3-2-9-6(10)5(4-8-9)7(11)12/h4,8H,2-3H2,1H3,(H,11,12). The van der Waals surface area contributed by atoms with Crippen molar-refractivity contribution in [2.24, 2.45) is 0 Å². The number of carboxylic acid groups (broad SMARTS) is 1. The van der Waals surface area contributed by atoms with Gasteiger partial charge in [-0.2, -0.15) is 0 Å². The van der Waals surface area contributed by atoms with Crippen LogP contribution in [-0.4, -0.2) is 41.3 Å². The molecule has 84 valence electrons. The number of carboxylic acids is 1. The number of carbonyl (C=O) groups is 1. The highest BCUT2D eigenvalue weighted by Gasteiger charge is 2.13. The summed E-state index contributed by atoms with van der Waals surface area (Å²) in [6.45, 7) is -0.0784. The van der Waals surface area contributed by atoms with Crippen LogP contribution in [0.5, 0.6) is 0 Å². The molecule has 0 aliphatic heterocycles. The number of aromatic amines is 1. The lowest BCUT2D eigenvalue weighted by Gasteiger charge is -1.98. The molecule has 0 saturated carbocycles. The van der Waals surface area contributed by atoms with Gasteiger partial charge in [-0.05, 0) is 0 Å². The predicted molar refractivity (Wildman–Crippen MR) is 51.7 cm³/mol. The second-order valence-electron chi connectivity index (χ2n) is 3.08. The number of hydrogen-bond donors (Lipinski definition) is 2. The van der Waals surface area contributed by atoms with Crippen molar-refractivity contribution in [1.82, 2.24) is 9.78 Å².